The van der Waals surface area contributed by atoms with Crippen molar-refractivity contribution in [1.82, 2.24) is 4.90 Å². The van der Waals surface area contributed by atoms with Gasteiger partial charge in [-0.1, -0.05) is 57.2 Å². The molecule has 2 aromatic rings. The van der Waals surface area contributed by atoms with E-state index in [0.29, 0.717) is 12.5 Å². The predicted octanol–water partition coefficient (Wildman–Crippen LogP) is 5.60. The van der Waals surface area contributed by atoms with Gasteiger partial charge in [0.1, 0.15) is 5.25 Å². The number of ether oxygens (including phenoxy) is 1. The van der Waals surface area contributed by atoms with E-state index >= 15 is 0 Å². The lowest BCUT2D eigenvalue weighted by Crippen LogP contribution is -2.52. The molecule has 3 nitrogen and oxygen atoms in total. The van der Waals surface area contributed by atoms with Crippen LogP contribution in [0.25, 0.3) is 0 Å². The first kappa shape index (κ1) is 20.4. The van der Waals surface area contributed by atoms with Crippen LogP contribution in [-0.2, 0) is 15.6 Å². The Bertz CT molecular complexity index is 837. The van der Waals surface area contributed by atoms with Crippen LogP contribution in [0.1, 0.15) is 34.6 Å². The van der Waals surface area contributed by atoms with E-state index < -0.39 is 5.72 Å². The van der Waals surface area contributed by atoms with Crippen molar-refractivity contribution in [2.75, 3.05) is 6.61 Å². The summed E-state index contributed by atoms with van der Waals surface area (Å²) in [7, 11) is -0.131. The van der Waals surface area contributed by atoms with E-state index in [4.69, 9.17) is 4.74 Å². The van der Waals surface area contributed by atoms with Crippen LogP contribution < -0.4 is 0 Å². The van der Waals surface area contributed by atoms with Crippen LogP contribution in [0.4, 0.5) is 0 Å². The average molecular weight is 411 g/mol. The Labute approximate surface area is 177 Å². The summed E-state index contributed by atoms with van der Waals surface area (Å²) >= 11 is 0. The van der Waals surface area contributed by atoms with Gasteiger partial charge in [-0.3, -0.25) is 0 Å². The van der Waals surface area contributed by atoms with Gasteiger partial charge in [0.2, 0.25) is 0 Å². The van der Waals surface area contributed by atoms with Gasteiger partial charge in [0.25, 0.3) is 0 Å². The third-order valence-corrected chi connectivity index (χ3v) is 8.99. The van der Waals surface area contributed by atoms with E-state index in [2.05, 4.69) is 100 Å². The molecule has 0 spiro atoms. The molecule has 154 valence electrons. The number of nitrogens with zero attached hydrogens (tertiary/aromatic N) is 1. The standard InChI is InChI=1S/C25H31NO2S/c1-18(29(19-12-8-6-9-13-19)20-14-10-7-11-15-20)21-16-23(27)26-22(24(2,3)4)17-28-25(21,26)5/h6-16,18,21-22H,17H2,1-5H3/p+1/t18-,21+,22-,25-/m1/s1. The molecule has 1 saturated heterocycles. The van der Waals surface area contributed by atoms with Crippen molar-refractivity contribution in [3.05, 3.63) is 72.6 Å². The second-order valence-electron chi connectivity index (χ2n) is 9.34. The smallest absolute Gasteiger partial charge is 0.185 e. The van der Waals surface area contributed by atoms with Crippen LogP contribution >= 0.6 is 0 Å². The summed E-state index contributed by atoms with van der Waals surface area (Å²) in [5, 5.41) is 11.2. The van der Waals surface area contributed by atoms with E-state index in [1.807, 2.05) is 6.08 Å². The number of aliphatic hydroxyl groups is 1. The molecular formula is C25H32NO2S+. The number of fused-ring (bicyclic) bond motifs is 1. The van der Waals surface area contributed by atoms with Crippen molar-refractivity contribution >= 4 is 10.9 Å². The first-order valence-electron chi connectivity index (χ1n) is 10.4. The fourth-order valence-corrected chi connectivity index (χ4v) is 7.45. The Morgan fingerprint density at radius 2 is 1.55 bits per heavy atom. The molecular weight excluding hydrogens is 378 g/mol. The summed E-state index contributed by atoms with van der Waals surface area (Å²) in [5.74, 6) is 0.463. The third-order valence-electron chi connectivity index (χ3n) is 6.39. The lowest BCUT2D eigenvalue weighted by Gasteiger charge is -2.40. The second kappa shape index (κ2) is 7.41. The summed E-state index contributed by atoms with van der Waals surface area (Å²) in [6.45, 7) is 11.8. The molecule has 0 aromatic heterocycles. The van der Waals surface area contributed by atoms with Gasteiger partial charge in [0.05, 0.1) is 29.5 Å². The van der Waals surface area contributed by atoms with Crippen LogP contribution in [0, 0.1) is 11.3 Å². The molecule has 4 atom stereocenters. The molecule has 0 bridgehead atoms. The van der Waals surface area contributed by atoms with Gasteiger partial charge in [-0.15, -0.1) is 0 Å². The molecule has 0 unspecified atom stereocenters. The van der Waals surface area contributed by atoms with Crippen LogP contribution in [0.15, 0.2) is 82.4 Å². The average Bonchev–Trinajstić information content (AvgIpc) is 3.17. The highest BCUT2D eigenvalue weighted by Crippen LogP contribution is 2.50. The maximum absolute atomic E-state index is 11.0. The number of hydrogen-bond acceptors (Lipinski definition) is 3. The maximum Gasteiger partial charge on any atom is 0.185 e. The Balaban J connectivity index is 1.73. The van der Waals surface area contributed by atoms with Gasteiger partial charge in [0.15, 0.2) is 21.4 Å². The molecule has 1 N–H and O–H groups in total. The number of hydrogen-bond donors (Lipinski definition) is 1. The molecule has 0 radical (unpaired) electrons. The maximum atomic E-state index is 11.0. The van der Waals surface area contributed by atoms with Gasteiger partial charge >= 0.3 is 0 Å². The summed E-state index contributed by atoms with van der Waals surface area (Å²) in [4.78, 5) is 4.78. The number of benzene rings is 2. The molecule has 2 aliphatic rings. The highest BCUT2D eigenvalue weighted by atomic mass is 32.2. The molecule has 0 aliphatic carbocycles. The summed E-state index contributed by atoms with van der Waals surface area (Å²) in [5.41, 5.74) is -0.492. The fraction of sp³-hybridized carbons (Fsp3) is 0.440. The van der Waals surface area contributed by atoms with Gasteiger partial charge in [-0.05, 0) is 49.6 Å². The topological polar surface area (TPSA) is 32.7 Å². The SMILES string of the molecule is C[C@H]([C@@H]1C=C(O)N2[C@@H](C(C)(C)C)CO[C@]12C)[S+](c1ccccc1)c1ccccc1. The van der Waals surface area contributed by atoms with E-state index in [-0.39, 0.29) is 33.5 Å². The third kappa shape index (κ3) is 3.47. The summed E-state index contributed by atoms with van der Waals surface area (Å²) in [6.07, 6.45) is 2.04. The van der Waals surface area contributed by atoms with Crippen molar-refractivity contribution in [3.8, 4) is 0 Å². The Morgan fingerprint density at radius 1 is 1.03 bits per heavy atom. The Kier molecular flexibility index (Phi) is 5.20. The minimum Gasteiger partial charge on any atom is -0.495 e. The molecule has 2 aliphatic heterocycles. The van der Waals surface area contributed by atoms with E-state index in [0.717, 1.165) is 0 Å². The molecule has 2 aromatic carbocycles. The molecule has 0 saturated carbocycles. The first-order valence-corrected chi connectivity index (χ1v) is 11.7. The molecule has 4 heteroatoms. The summed E-state index contributed by atoms with van der Waals surface area (Å²) < 4.78 is 6.45. The van der Waals surface area contributed by atoms with E-state index in [1.165, 1.54) is 9.79 Å². The second-order valence-corrected chi connectivity index (χ2v) is 11.7. The van der Waals surface area contributed by atoms with Crippen molar-refractivity contribution in [2.45, 2.75) is 61.4 Å². The minimum absolute atomic E-state index is 0.0260. The highest BCUT2D eigenvalue weighted by Gasteiger charge is 2.60. The fourth-order valence-electron chi connectivity index (χ4n) is 4.80. The predicted molar refractivity (Wildman–Crippen MR) is 120 cm³/mol. The minimum atomic E-state index is -0.518. The zero-order valence-electron chi connectivity index (χ0n) is 18.0. The highest BCUT2D eigenvalue weighted by molar-refractivity contribution is 7.97. The van der Waals surface area contributed by atoms with Gasteiger partial charge in [-0.25, -0.2) is 0 Å². The zero-order chi connectivity index (χ0) is 20.8. The molecule has 29 heavy (non-hydrogen) atoms. The van der Waals surface area contributed by atoms with Crippen molar-refractivity contribution in [3.63, 3.8) is 0 Å². The van der Waals surface area contributed by atoms with Crippen molar-refractivity contribution in [2.24, 2.45) is 11.3 Å². The number of aliphatic hydroxyl groups excluding tert-OH is 1. The Hall–Kier alpha value is -1.91. The molecule has 2 heterocycles. The zero-order valence-corrected chi connectivity index (χ0v) is 18.8. The van der Waals surface area contributed by atoms with Crippen molar-refractivity contribution < 1.29 is 9.84 Å². The molecule has 4 rings (SSSR count). The lowest BCUT2D eigenvalue weighted by atomic mass is 9.86. The Morgan fingerprint density at radius 3 is 2.03 bits per heavy atom. The van der Waals surface area contributed by atoms with Gasteiger partial charge in [-0.2, -0.15) is 0 Å². The largest absolute Gasteiger partial charge is 0.495 e. The van der Waals surface area contributed by atoms with Gasteiger partial charge in [0, 0.05) is 0 Å². The van der Waals surface area contributed by atoms with Crippen LogP contribution in [0.3, 0.4) is 0 Å². The van der Waals surface area contributed by atoms with E-state index in [9.17, 15) is 5.11 Å². The monoisotopic (exact) mass is 410 g/mol. The van der Waals surface area contributed by atoms with Gasteiger partial charge < -0.3 is 14.7 Å². The van der Waals surface area contributed by atoms with Crippen LogP contribution in [0.5, 0.6) is 0 Å². The van der Waals surface area contributed by atoms with Crippen LogP contribution in [-0.4, -0.2) is 33.6 Å². The quantitative estimate of drug-likeness (QED) is 0.666. The summed E-state index contributed by atoms with van der Waals surface area (Å²) in [6, 6.07) is 21.6. The molecule has 0 amide bonds. The number of rotatable bonds is 4. The first-order chi connectivity index (χ1) is 13.7. The molecule has 1 fully saturated rings. The lowest BCUT2D eigenvalue weighted by molar-refractivity contribution is -0.0858. The van der Waals surface area contributed by atoms with E-state index in [1.54, 1.807) is 0 Å². The van der Waals surface area contributed by atoms with Crippen LogP contribution in [0.2, 0.25) is 0 Å². The van der Waals surface area contributed by atoms with Crippen molar-refractivity contribution in [1.29, 1.82) is 0 Å². The normalized spacial score (nSPS) is 27.8.